The Hall–Kier alpha value is -4.84. The largest absolute Gasteiger partial charge is 0.392 e. The summed E-state index contributed by atoms with van der Waals surface area (Å²) in [4.78, 5) is 0. The van der Waals surface area contributed by atoms with Crippen molar-refractivity contribution in [1.29, 1.82) is 0 Å². The van der Waals surface area contributed by atoms with E-state index in [-0.39, 0.29) is 37.3 Å². The number of aliphatic hydroxyl groups excluding tert-OH is 4. The van der Waals surface area contributed by atoms with Crippen LogP contribution in [-0.4, -0.2) is 20.4 Å². The standard InChI is InChI=1S/C50H50O4/c1-27-35-13-9-11-15-37(35)45-42(44-31(25-53)19-34(50(6,7)8)20-32(44)26-54)22-40-28(2)36-14-10-12-16-38(36)46-41(21-39(27)47(45)48(40)46)43-29(23-51)17-33(49(3,4)5)18-30(43)24-52/h9-22,51-54H,23-26H2,1-8H3. The highest BCUT2D eigenvalue weighted by Gasteiger charge is 2.28. The molecule has 4 nitrogen and oxygen atoms in total. The fraction of sp³-hybridized carbons (Fsp3) is 0.280. The molecule has 54 heavy (non-hydrogen) atoms. The first-order valence-corrected chi connectivity index (χ1v) is 19.0. The normalized spacial score (nSPS) is 12.7. The molecule has 274 valence electrons. The molecule has 0 saturated carbocycles. The van der Waals surface area contributed by atoms with E-state index in [9.17, 15) is 20.4 Å². The van der Waals surface area contributed by atoms with Gasteiger partial charge in [0.1, 0.15) is 0 Å². The summed E-state index contributed by atoms with van der Waals surface area (Å²) in [5.74, 6) is 0. The predicted octanol–water partition coefficient (Wildman–Crippen LogP) is 11.4. The molecule has 0 aliphatic heterocycles. The van der Waals surface area contributed by atoms with Crippen LogP contribution in [0.5, 0.6) is 0 Å². The smallest absolute Gasteiger partial charge is 0.0688 e. The van der Waals surface area contributed by atoms with E-state index in [1.807, 2.05) is 0 Å². The molecule has 0 radical (unpaired) electrons. The third-order valence-electron chi connectivity index (χ3n) is 12.0. The minimum Gasteiger partial charge on any atom is -0.392 e. The summed E-state index contributed by atoms with van der Waals surface area (Å²) in [7, 11) is 0. The van der Waals surface area contributed by atoms with E-state index in [1.54, 1.807) is 0 Å². The van der Waals surface area contributed by atoms with Crippen molar-refractivity contribution in [2.24, 2.45) is 0 Å². The third kappa shape index (κ3) is 5.34. The van der Waals surface area contributed by atoms with E-state index in [0.29, 0.717) is 0 Å². The number of aryl methyl sites for hydroxylation is 2. The highest BCUT2D eigenvalue weighted by Crippen LogP contribution is 2.53. The van der Waals surface area contributed by atoms with Crippen LogP contribution in [0.3, 0.4) is 0 Å². The Morgan fingerprint density at radius 2 is 0.685 bits per heavy atom. The van der Waals surface area contributed by atoms with Crippen molar-refractivity contribution in [2.45, 2.75) is 92.6 Å². The van der Waals surface area contributed by atoms with Gasteiger partial charge in [0.25, 0.3) is 0 Å². The van der Waals surface area contributed by atoms with Crippen molar-refractivity contribution in [2.75, 3.05) is 0 Å². The van der Waals surface area contributed by atoms with Crippen LogP contribution in [0, 0.1) is 13.8 Å². The SMILES string of the molecule is Cc1c2ccccc2c2c(-c3c(CO)cc(C(C)(C)C)cc3CO)cc3c(C)c4ccccc4c4c(-c5c(CO)cc(C(C)(C)C)cc5CO)cc1c2c34. The Balaban J connectivity index is 1.68. The molecule has 0 bridgehead atoms. The highest BCUT2D eigenvalue weighted by molar-refractivity contribution is 6.39. The maximum absolute atomic E-state index is 11.0. The molecule has 4 N–H and O–H groups in total. The van der Waals surface area contributed by atoms with Crippen LogP contribution < -0.4 is 0 Å². The first-order valence-electron chi connectivity index (χ1n) is 19.0. The molecule has 0 aliphatic rings. The van der Waals surface area contributed by atoms with Crippen molar-refractivity contribution in [3.63, 3.8) is 0 Å². The molecule has 0 amide bonds. The van der Waals surface area contributed by atoms with Gasteiger partial charge in [-0.2, -0.15) is 0 Å². The zero-order valence-electron chi connectivity index (χ0n) is 32.7. The van der Waals surface area contributed by atoms with Gasteiger partial charge in [0.05, 0.1) is 26.4 Å². The molecular formula is C50H50O4. The number of fused-ring (bicyclic) bond motifs is 4. The molecule has 8 rings (SSSR count). The summed E-state index contributed by atoms with van der Waals surface area (Å²) in [5.41, 5.74) is 11.0. The molecular weight excluding hydrogens is 665 g/mol. The van der Waals surface area contributed by atoms with Crippen LogP contribution in [0.1, 0.15) is 86.1 Å². The zero-order valence-corrected chi connectivity index (χ0v) is 32.7. The molecule has 0 saturated heterocycles. The molecule has 4 heteroatoms. The third-order valence-corrected chi connectivity index (χ3v) is 12.0. The molecule has 0 atom stereocenters. The van der Waals surface area contributed by atoms with Gasteiger partial charge in [-0.25, -0.2) is 0 Å². The molecule has 0 aromatic heterocycles. The van der Waals surface area contributed by atoms with E-state index < -0.39 is 0 Å². The Morgan fingerprint density at radius 3 is 0.963 bits per heavy atom. The molecule has 0 unspecified atom stereocenters. The van der Waals surface area contributed by atoms with Crippen LogP contribution >= 0.6 is 0 Å². The number of rotatable bonds is 6. The van der Waals surface area contributed by atoms with E-state index >= 15 is 0 Å². The second kappa shape index (κ2) is 12.9. The number of aliphatic hydroxyl groups is 4. The van der Waals surface area contributed by atoms with E-state index in [0.717, 1.165) is 121 Å². The van der Waals surface area contributed by atoms with Crippen LogP contribution in [0.25, 0.3) is 76.1 Å². The van der Waals surface area contributed by atoms with E-state index in [4.69, 9.17) is 0 Å². The lowest BCUT2D eigenvalue weighted by Gasteiger charge is -2.28. The van der Waals surface area contributed by atoms with Crippen molar-refractivity contribution in [1.82, 2.24) is 0 Å². The van der Waals surface area contributed by atoms with Gasteiger partial charge >= 0.3 is 0 Å². The van der Waals surface area contributed by atoms with Crippen molar-refractivity contribution >= 4 is 53.9 Å². The van der Waals surface area contributed by atoms with Crippen LogP contribution in [0.2, 0.25) is 0 Å². The predicted molar refractivity (Wildman–Crippen MR) is 227 cm³/mol. The van der Waals surface area contributed by atoms with Crippen molar-refractivity contribution < 1.29 is 20.4 Å². The molecule has 8 aromatic rings. The Bertz CT molecular complexity index is 2550. The number of benzene rings is 8. The van der Waals surface area contributed by atoms with Gasteiger partial charge in [0, 0.05) is 0 Å². The fourth-order valence-electron chi connectivity index (χ4n) is 9.12. The molecule has 0 fully saturated rings. The molecule has 8 aromatic carbocycles. The van der Waals surface area contributed by atoms with Gasteiger partial charge in [-0.3, -0.25) is 0 Å². The van der Waals surface area contributed by atoms with Crippen LogP contribution in [0.4, 0.5) is 0 Å². The van der Waals surface area contributed by atoms with Crippen molar-refractivity contribution in [3.05, 3.63) is 129 Å². The van der Waals surface area contributed by atoms with Gasteiger partial charge in [-0.15, -0.1) is 0 Å². The van der Waals surface area contributed by atoms with E-state index in [1.165, 1.54) is 0 Å². The van der Waals surface area contributed by atoms with Crippen LogP contribution in [-0.2, 0) is 37.3 Å². The summed E-state index contributed by atoms with van der Waals surface area (Å²) in [6.07, 6.45) is 0. The summed E-state index contributed by atoms with van der Waals surface area (Å²) in [5, 5.41) is 55.3. The average molecular weight is 715 g/mol. The van der Waals surface area contributed by atoms with Gasteiger partial charge < -0.3 is 20.4 Å². The second-order valence-electron chi connectivity index (χ2n) is 17.3. The van der Waals surface area contributed by atoms with Gasteiger partial charge in [-0.1, -0.05) is 114 Å². The average Bonchev–Trinajstić information content (AvgIpc) is 3.16. The number of hydrogen-bond acceptors (Lipinski definition) is 4. The monoisotopic (exact) mass is 714 g/mol. The first kappa shape index (κ1) is 36.2. The lowest BCUT2D eigenvalue weighted by molar-refractivity contribution is 0.275. The van der Waals surface area contributed by atoms with E-state index in [2.05, 4.69) is 140 Å². The minimum absolute atomic E-state index is 0.160. The van der Waals surface area contributed by atoms with Gasteiger partial charge in [0.15, 0.2) is 0 Å². The molecule has 0 spiro atoms. The van der Waals surface area contributed by atoms with Gasteiger partial charge in [0.2, 0.25) is 0 Å². The number of hydrogen-bond donors (Lipinski definition) is 4. The lowest BCUT2D eigenvalue weighted by Crippen LogP contribution is -2.13. The summed E-state index contributed by atoms with van der Waals surface area (Å²) < 4.78 is 0. The Labute approximate surface area is 317 Å². The zero-order chi connectivity index (χ0) is 38.4. The summed E-state index contributed by atoms with van der Waals surface area (Å²) in [6.45, 7) is 16.7. The second-order valence-corrected chi connectivity index (χ2v) is 17.3. The highest BCUT2D eigenvalue weighted by atomic mass is 16.3. The quantitative estimate of drug-likeness (QED) is 0.102. The summed E-state index contributed by atoms with van der Waals surface area (Å²) in [6, 6.07) is 30.1. The van der Waals surface area contributed by atoms with Crippen molar-refractivity contribution in [3.8, 4) is 22.3 Å². The Morgan fingerprint density at radius 1 is 0.389 bits per heavy atom. The maximum atomic E-state index is 11.0. The lowest BCUT2D eigenvalue weighted by atomic mass is 9.76. The molecule has 0 aliphatic carbocycles. The summed E-state index contributed by atoms with van der Waals surface area (Å²) >= 11 is 0. The van der Waals surface area contributed by atoms with Gasteiger partial charge in [-0.05, 0) is 157 Å². The minimum atomic E-state index is -0.173. The topological polar surface area (TPSA) is 80.9 Å². The Kier molecular flexibility index (Phi) is 8.63. The molecule has 0 heterocycles. The van der Waals surface area contributed by atoms with Crippen LogP contribution in [0.15, 0.2) is 84.9 Å². The first-order chi connectivity index (χ1) is 25.7. The fourth-order valence-corrected chi connectivity index (χ4v) is 9.12. The maximum Gasteiger partial charge on any atom is 0.0688 e.